The van der Waals surface area contributed by atoms with E-state index in [1.807, 2.05) is 0 Å². The zero-order valence-corrected chi connectivity index (χ0v) is 9.82. The molecule has 0 aliphatic carbocycles. The standard InChI is InChI=1S/C12H22N2O2/c15-12(16)5-1-2-7-13-10-6-9-14-8-3-4-11(10)14/h10-11,13H,1-9H2,(H,15,16). The summed E-state index contributed by atoms with van der Waals surface area (Å²) in [7, 11) is 0. The Bertz CT molecular complexity index is 245. The number of carbonyl (C=O) groups is 1. The summed E-state index contributed by atoms with van der Waals surface area (Å²) in [6, 6.07) is 1.42. The molecular formula is C12H22N2O2. The Morgan fingerprint density at radius 2 is 2.19 bits per heavy atom. The van der Waals surface area contributed by atoms with E-state index in [0.29, 0.717) is 12.5 Å². The van der Waals surface area contributed by atoms with E-state index in [1.54, 1.807) is 0 Å². The fourth-order valence-corrected chi connectivity index (χ4v) is 3.01. The van der Waals surface area contributed by atoms with E-state index in [9.17, 15) is 4.79 Å². The van der Waals surface area contributed by atoms with E-state index in [1.165, 1.54) is 32.4 Å². The monoisotopic (exact) mass is 226 g/mol. The van der Waals surface area contributed by atoms with Crippen molar-refractivity contribution in [2.24, 2.45) is 0 Å². The molecule has 0 amide bonds. The van der Waals surface area contributed by atoms with Crippen molar-refractivity contribution in [1.29, 1.82) is 0 Å². The zero-order valence-electron chi connectivity index (χ0n) is 9.82. The van der Waals surface area contributed by atoms with Gasteiger partial charge in [-0.15, -0.1) is 0 Å². The van der Waals surface area contributed by atoms with Gasteiger partial charge in [0.15, 0.2) is 0 Å². The average Bonchev–Trinajstić information content (AvgIpc) is 2.80. The highest BCUT2D eigenvalue weighted by Gasteiger charge is 2.36. The lowest BCUT2D eigenvalue weighted by Crippen LogP contribution is -2.39. The van der Waals surface area contributed by atoms with Crippen LogP contribution in [0.1, 0.15) is 38.5 Å². The van der Waals surface area contributed by atoms with Crippen LogP contribution in [-0.4, -0.2) is 47.7 Å². The number of aliphatic carboxylic acids is 1. The van der Waals surface area contributed by atoms with Crippen LogP contribution in [0, 0.1) is 0 Å². The van der Waals surface area contributed by atoms with Gasteiger partial charge in [0.1, 0.15) is 0 Å². The molecule has 2 atom stereocenters. The third kappa shape index (κ3) is 2.95. The highest BCUT2D eigenvalue weighted by molar-refractivity contribution is 5.66. The van der Waals surface area contributed by atoms with Crippen molar-refractivity contribution in [2.45, 2.75) is 50.6 Å². The van der Waals surface area contributed by atoms with Gasteiger partial charge < -0.3 is 10.4 Å². The third-order valence-electron chi connectivity index (χ3n) is 3.83. The first kappa shape index (κ1) is 11.9. The number of nitrogens with zero attached hydrogens (tertiary/aromatic N) is 1. The molecule has 16 heavy (non-hydrogen) atoms. The van der Waals surface area contributed by atoms with Crippen LogP contribution in [-0.2, 0) is 4.79 Å². The van der Waals surface area contributed by atoms with Crippen LogP contribution in [0.4, 0.5) is 0 Å². The summed E-state index contributed by atoms with van der Waals surface area (Å²) in [4.78, 5) is 12.9. The molecule has 0 radical (unpaired) electrons. The average molecular weight is 226 g/mol. The maximum absolute atomic E-state index is 10.3. The summed E-state index contributed by atoms with van der Waals surface area (Å²) >= 11 is 0. The van der Waals surface area contributed by atoms with Gasteiger partial charge in [0.2, 0.25) is 0 Å². The summed E-state index contributed by atoms with van der Waals surface area (Å²) in [5.41, 5.74) is 0. The van der Waals surface area contributed by atoms with E-state index >= 15 is 0 Å². The quantitative estimate of drug-likeness (QED) is 0.665. The van der Waals surface area contributed by atoms with Crippen LogP contribution >= 0.6 is 0 Å². The van der Waals surface area contributed by atoms with Gasteiger partial charge in [0.05, 0.1) is 0 Å². The minimum atomic E-state index is -0.678. The molecule has 92 valence electrons. The maximum atomic E-state index is 10.3. The first-order chi connectivity index (χ1) is 7.77. The van der Waals surface area contributed by atoms with Crippen LogP contribution in [0.15, 0.2) is 0 Å². The Labute approximate surface area is 97.0 Å². The summed E-state index contributed by atoms with van der Waals surface area (Å²) in [5.74, 6) is -0.678. The second-order valence-corrected chi connectivity index (χ2v) is 4.95. The van der Waals surface area contributed by atoms with Gasteiger partial charge in [-0.1, -0.05) is 0 Å². The van der Waals surface area contributed by atoms with E-state index in [-0.39, 0.29) is 0 Å². The van der Waals surface area contributed by atoms with Crippen molar-refractivity contribution in [1.82, 2.24) is 10.2 Å². The first-order valence-corrected chi connectivity index (χ1v) is 6.46. The van der Waals surface area contributed by atoms with Gasteiger partial charge in [-0.05, 0) is 45.2 Å². The lowest BCUT2D eigenvalue weighted by atomic mass is 10.1. The summed E-state index contributed by atoms with van der Waals surface area (Å²) < 4.78 is 0. The number of unbranched alkanes of at least 4 members (excludes halogenated alkanes) is 1. The van der Waals surface area contributed by atoms with Gasteiger partial charge >= 0.3 is 5.97 Å². The van der Waals surface area contributed by atoms with Gasteiger partial charge in [-0.3, -0.25) is 9.69 Å². The van der Waals surface area contributed by atoms with Crippen LogP contribution in [0.3, 0.4) is 0 Å². The minimum Gasteiger partial charge on any atom is -0.481 e. The molecule has 2 fully saturated rings. The fourth-order valence-electron chi connectivity index (χ4n) is 3.01. The predicted octanol–water partition coefficient (Wildman–Crippen LogP) is 1.07. The summed E-state index contributed by atoms with van der Waals surface area (Å²) in [5, 5.41) is 12.1. The Kier molecular flexibility index (Phi) is 4.18. The molecular weight excluding hydrogens is 204 g/mol. The number of carboxylic acid groups (broad SMARTS) is 1. The van der Waals surface area contributed by atoms with Crippen LogP contribution in [0.25, 0.3) is 0 Å². The lowest BCUT2D eigenvalue weighted by molar-refractivity contribution is -0.137. The number of hydrogen-bond acceptors (Lipinski definition) is 3. The van der Waals surface area contributed by atoms with Crippen molar-refractivity contribution >= 4 is 5.97 Å². The van der Waals surface area contributed by atoms with Gasteiger partial charge in [0, 0.05) is 25.0 Å². The summed E-state index contributed by atoms with van der Waals surface area (Å²) in [6.07, 6.45) is 6.04. The van der Waals surface area contributed by atoms with Gasteiger partial charge in [-0.25, -0.2) is 0 Å². The molecule has 0 aromatic rings. The SMILES string of the molecule is O=C(O)CCCCNC1CCN2CCCC12. The zero-order chi connectivity index (χ0) is 11.4. The normalized spacial score (nSPS) is 29.5. The minimum absolute atomic E-state index is 0.307. The second-order valence-electron chi connectivity index (χ2n) is 4.95. The van der Waals surface area contributed by atoms with Crippen molar-refractivity contribution in [3.05, 3.63) is 0 Å². The molecule has 2 aliphatic heterocycles. The predicted molar refractivity (Wildman–Crippen MR) is 62.5 cm³/mol. The Balaban J connectivity index is 1.58. The first-order valence-electron chi connectivity index (χ1n) is 6.46. The topological polar surface area (TPSA) is 52.6 Å². The fraction of sp³-hybridized carbons (Fsp3) is 0.917. The second kappa shape index (κ2) is 5.64. The Morgan fingerprint density at radius 3 is 3.00 bits per heavy atom. The van der Waals surface area contributed by atoms with E-state index in [2.05, 4.69) is 10.2 Å². The molecule has 2 N–H and O–H groups in total. The van der Waals surface area contributed by atoms with Crippen molar-refractivity contribution in [3.8, 4) is 0 Å². The number of hydrogen-bond donors (Lipinski definition) is 2. The molecule has 0 aromatic heterocycles. The number of fused-ring (bicyclic) bond motifs is 1. The Morgan fingerprint density at radius 1 is 1.31 bits per heavy atom. The van der Waals surface area contributed by atoms with E-state index in [4.69, 9.17) is 5.11 Å². The highest BCUT2D eigenvalue weighted by atomic mass is 16.4. The van der Waals surface area contributed by atoms with E-state index in [0.717, 1.165) is 25.4 Å². The maximum Gasteiger partial charge on any atom is 0.303 e. The van der Waals surface area contributed by atoms with Crippen LogP contribution < -0.4 is 5.32 Å². The number of nitrogens with one attached hydrogen (secondary N) is 1. The molecule has 4 heteroatoms. The van der Waals surface area contributed by atoms with Crippen LogP contribution in [0.2, 0.25) is 0 Å². The van der Waals surface area contributed by atoms with Crippen molar-refractivity contribution < 1.29 is 9.90 Å². The molecule has 2 rings (SSSR count). The molecule has 4 nitrogen and oxygen atoms in total. The Hall–Kier alpha value is -0.610. The largest absolute Gasteiger partial charge is 0.481 e. The number of carboxylic acids is 1. The third-order valence-corrected chi connectivity index (χ3v) is 3.83. The number of rotatable bonds is 6. The molecule has 0 aromatic carbocycles. The van der Waals surface area contributed by atoms with Crippen LogP contribution in [0.5, 0.6) is 0 Å². The van der Waals surface area contributed by atoms with E-state index < -0.39 is 5.97 Å². The van der Waals surface area contributed by atoms with Crippen molar-refractivity contribution in [2.75, 3.05) is 19.6 Å². The molecule has 2 aliphatic rings. The molecule has 0 spiro atoms. The molecule has 2 unspecified atom stereocenters. The van der Waals surface area contributed by atoms with Crippen molar-refractivity contribution in [3.63, 3.8) is 0 Å². The van der Waals surface area contributed by atoms with Gasteiger partial charge in [0.25, 0.3) is 0 Å². The molecule has 0 saturated carbocycles. The molecule has 0 bridgehead atoms. The lowest BCUT2D eigenvalue weighted by Gasteiger charge is -2.21. The highest BCUT2D eigenvalue weighted by Crippen LogP contribution is 2.27. The molecule has 2 heterocycles. The molecule has 2 saturated heterocycles. The summed E-state index contributed by atoms with van der Waals surface area (Å²) in [6.45, 7) is 3.50. The smallest absolute Gasteiger partial charge is 0.303 e. The van der Waals surface area contributed by atoms with Gasteiger partial charge in [-0.2, -0.15) is 0 Å².